The van der Waals surface area contributed by atoms with Crippen molar-refractivity contribution in [2.24, 2.45) is 0 Å². The van der Waals surface area contributed by atoms with Crippen LogP contribution in [0.1, 0.15) is 18.9 Å². The van der Waals surface area contributed by atoms with Crippen LogP contribution in [0.5, 0.6) is 0 Å². The molecule has 0 saturated carbocycles. The molecule has 0 bridgehead atoms. The second-order valence-electron chi connectivity index (χ2n) is 7.90. The van der Waals surface area contributed by atoms with Crippen LogP contribution in [0, 0.1) is 0 Å². The van der Waals surface area contributed by atoms with Gasteiger partial charge in [0, 0.05) is 18.7 Å². The molecule has 0 aliphatic rings. The number of ketones is 1. The molecule has 0 amide bonds. The van der Waals surface area contributed by atoms with Crippen LogP contribution < -0.4 is 10.9 Å². The number of nitrogens with zero attached hydrogens (tertiary/aromatic N) is 2. The highest BCUT2D eigenvalue weighted by molar-refractivity contribution is 7.94. The van der Waals surface area contributed by atoms with Gasteiger partial charge in [-0.05, 0) is 54.4 Å². The molecule has 0 fully saturated rings. The fourth-order valence-corrected chi connectivity index (χ4v) is 6.66. The van der Waals surface area contributed by atoms with Crippen molar-refractivity contribution in [1.82, 2.24) is 9.55 Å². The molecule has 2 aromatic heterocycles. The molecule has 35 heavy (non-hydrogen) atoms. The van der Waals surface area contributed by atoms with E-state index in [9.17, 15) is 18.0 Å². The summed E-state index contributed by atoms with van der Waals surface area (Å²) in [5, 5.41) is 3.96. The smallest absolute Gasteiger partial charge is 0.265 e. The number of hydrogen-bond donors (Lipinski definition) is 1. The van der Waals surface area contributed by atoms with Crippen molar-refractivity contribution in [2.45, 2.75) is 24.0 Å². The lowest BCUT2D eigenvalue weighted by Gasteiger charge is -2.11. The second kappa shape index (κ2) is 10.5. The molecule has 11 heteroatoms. The number of nitrogens with one attached hydrogen (secondary N) is 1. The Bertz CT molecular complexity index is 1580. The number of carbonyl (C=O) groups is 1. The Balaban J connectivity index is 1.54. The lowest BCUT2D eigenvalue weighted by atomic mass is 10.1. The highest BCUT2D eigenvalue weighted by atomic mass is 35.5. The zero-order valence-corrected chi connectivity index (χ0v) is 21.8. The number of benzene rings is 2. The lowest BCUT2D eigenvalue weighted by Crippen LogP contribution is -2.20. The molecule has 7 nitrogen and oxygen atoms in total. The van der Waals surface area contributed by atoms with Crippen LogP contribution in [0.15, 0.2) is 63.9 Å². The van der Waals surface area contributed by atoms with Crippen molar-refractivity contribution in [2.75, 3.05) is 17.6 Å². The van der Waals surface area contributed by atoms with E-state index >= 15 is 0 Å². The largest absolute Gasteiger partial charge is 0.385 e. The molecule has 4 rings (SSSR count). The van der Waals surface area contributed by atoms with E-state index in [1.807, 2.05) is 12.1 Å². The quantitative estimate of drug-likeness (QED) is 0.309. The van der Waals surface area contributed by atoms with E-state index in [1.165, 1.54) is 23.0 Å². The van der Waals surface area contributed by atoms with E-state index in [2.05, 4.69) is 17.2 Å². The highest BCUT2D eigenvalue weighted by Gasteiger charge is 2.22. The summed E-state index contributed by atoms with van der Waals surface area (Å²) >= 11 is 13.2. The van der Waals surface area contributed by atoms with Gasteiger partial charge in [0.15, 0.2) is 15.6 Å². The maximum Gasteiger partial charge on any atom is 0.265 e. The van der Waals surface area contributed by atoms with Gasteiger partial charge in [-0.3, -0.25) is 14.2 Å². The summed E-state index contributed by atoms with van der Waals surface area (Å²) in [6.45, 7) is 2.89. The SMILES string of the molecule is CCCNc1ccc2c(=O)n(-c3ccc(CC(=O)CS(=O)(=O)c4ccc(Cl)s4)cc3Cl)cnc2c1. The maximum absolute atomic E-state index is 13.1. The average molecular weight is 550 g/mol. The van der Waals surface area contributed by atoms with Crippen LogP contribution in [0.2, 0.25) is 9.36 Å². The molecule has 0 aliphatic heterocycles. The van der Waals surface area contributed by atoms with Gasteiger partial charge in [-0.1, -0.05) is 36.2 Å². The van der Waals surface area contributed by atoms with Gasteiger partial charge >= 0.3 is 0 Å². The van der Waals surface area contributed by atoms with E-state index in [4.69, 9.17) is 23.2 Å². The van der Waals surface area contributed by atoms with E-state index in [1.54, 1.807) is 24.3 Å². The van der Waals surface area contributed by atoms with Crippen LogP contribution in [-0.2, 0) is 21.1 Å². The van der Waals surface area contributed by atoms with Gasteiger partial charge in [-0.25, -0.2) is 13.4 Å². The fourth-order valence-electron chi connectivity index (χ4n) is 3.55. The minimum absolute atomic E-state index is 0.0562. The number of hydrogen-bond acceptors (Lipinski definition) is 7. The zero-order chi connectivity index (χ0) is 25.2. The fraction of sp³-hybridized carbons (Fsp3) is 0.208. The van der Waals surface area contributed by atoms with Crippen LogP contribution >= 0.6 is 34.5 Å². The molecular weight excluding hydrogens is 529 g/mol. The number of halogens is 2. The summed E-state index contributed by atoms with van der Waals surface area (Å²) < 4.78 is 26.6. The topological polar surface area (TPSA) is 98.1 Å². The van der Waals surface area contributed by atoms with Crippen LogP contribution in [0.25, 0.3) is 16.6 Å². The minimum Gasteiger partial charge on any atom is -0.385 e. The summed E-state index contributed by atoms with van der Waals surface area (Å²) in [4.78, 5) is 29.9. The van der Waals surface area contributed by atoms with Gasteiger partial charge < -0.3 is 5.32 Å². The Kier molecular flexibility index (Phi) is 7.61. The van der Waals surface area contributed by atoms with E-state index in [-0.39, 0.29) is 21.2 Å². The molecule has 2 heterocycles. The Morgan fingerprint density at radius 1 is 1.11 bits per heavy atom. The lowest BCUT2D eigenvalue weighted by molar-refractivity contribution is -0.116. The molecule has 0 atom stereocenters. The molecule has 2 aromatic carbocycles. The Morgan fingerprint density at radius 2 is 1.91 bits per heavy atom. The Hall–Kier alpha value is -2.72. The summed E-state index contributed by atoms with van der Waals surface area (Å²) in [5.41, 5.74) is 2.13. The van der Waals surface area contributed by atoms with Crippen molar-refractivity contribution in [3.63, 3.8) is 0 Å². The first-order valence-corrected chi connectivity index (χ1v) is 13.9. The van der Waals surface area contributed by atoms with Crippen LogP contribution in [0.4, 0.5) is 5.69 Å². The first-order chi connectivity index (χ1) is 16.7. The average Bonchev–Trinajstić information content (AvgIpc) is 3.25. The van der Waals surface area contributed by atoms with Gasteiger partial charge in [0.2, 0.25) is 0 Å². The number of rotatable bonds is 9. The van der Waals surface area contributed by atoms with Gasteiger partial charge in [-0.15, -0.1) is 11.3 Å². The van der Waals surface area contributed by atoms with E-state index in [0.29, 0.717) is 26.5 Å². The standard InChI is InChI=1S/C24H21Cl2N3O4S2/c1-2-9-27-16-4-5-18-20(12-16)28-14-29(24(18)31)21-6-3-15(11-19(21)25)10-17(30)13-35(32,33)23-8-7-22(26)34-23/h3-8,11-12,14,27H,2,9-10,13H2,1H3. The van der Waals surface area contributed by atoms with Crippen molar-refractivity contribution >= 4 is 66.7 Å². The predicted octanol–water partition coefficient (Wildman–Crippen LogP) is 5.16. The molecule has 0 saturated heterocycles. The first-order valence-electron chi connectivity index (χ1n) is 10.7. The number of fused-ring (bicyclic) bond motifs is 1. The number of carbonyl (C=O) groups excluding carboxylic acids is 1. The molecule has 182 valence electrons. The van der Waals surface area contributed by atoms with E-state index < -0.39 is 21.4 Å². The number of aromatic nitrogens is 2. The van der Waals surface area contributed by atoms with Crippen molar-refractivity contribution < 1.29 is 13.2 Å². The summed E-state index contributed by atoms with van der Waals surface area (Å²) in [6, 6.07) is 13.1. The molecule has 1 N–H and O–H groups in total. The molecule has 0 aliphatic carbocycles. The third-order valence-electron chi connectivity index (χ3n) is 5.22. The monoisotopic (exact) mass is 549 g/mol. The minimum atomic E-state index is -3.76. The third-order valence-corrected chi connectivity index (χ3v) is 9.01. The van der Waals surface area contributed by atoms with E-state index in [0.717, 1.165) is 30.0 Å². The zero-order valence-electron chi connectivity index (χ0n) is 18.6. The van der Waals surface area contributed by atoms with Crippen molar-refractivity contribution in [3.8, 4) is 5.69 Å². The van der Waals surface area contributed by atoms with Crippen molar-refractivity contribution in [1.29, 1.82) is 0 Å². The van der Waals surface area contributed by atoms with Crippen LogP contribution in [0.3, 0.4) is 0 Å². The molecule has 0 spiro atoms. The van der Waals surface area contributed by atoms with Crippen LogP contribution in [-0.4, -0.2) is 36.0 Å². The molecule has 0 unspecified atom stereocenters. The first kappa shape index (κ1) is 25.4. The number of anilines is 1. The summed E-state index contributed by atoms with van der Waals surface area (Å²) in [5.74, 6) is -1.11. The van der Waals surface area contributed by atoms with Gasteiger partial charge in [-0.2, -0.15) is 0 Å². The normalized spacial score (nSPS) is 11.6. The molecule has 4 aromatic rings. The number of thiophene rings is 1. The van der Waals surface area contributed by atoms with Gasteiger partial charge in [0.1, 0.15) is 16.3 Å². The summed E-state index contributed by atoms with van der Waals surface area (Å²) in [7, 11) is -3.76. The molecule has 0 radical (unpaired) electrons. The number of Topliss-reactive ketones (excluding diaryl/α,β-unsaturated/α-hetero) is 1. The van der Waals surface area contributed by atoms with Gasteiger partial charge in [0.25, 0.3) is 5.56 Å². The second-order valence-corrected chi connectivity index (χ2v) is 12.2. The summed E-state index contributed by atoms with van der Waals surface area (Å²) in [6.07, 6.45) is 2.28. The highest BCUT2D eigenvalue weighted by Crippen LogP contribution is 2.27. The van der Waals surface area contributed by atoms with Crippen molar-refractivity contribution in [3.05, 3.63) is 80.1 Å². The Morgan fingerprint density at radius 3 is 2.60 bits per heavy atom. The third kappa shape index (κ3) is 5.75. The van der Waals surface area contributed by atoms with Gasteiger partial charge in [0.05, 0.1) is 25.9 Å². The maximum atomic E-state index is 13.1. The predicted molar refractivity (Wildman–Crippen MR) is 141 cm³/mol. The Labute approximate surface area is 216 Å². The molecular formula is C24H21Cl2N3O4S2. The number of sulfone groups is 1.